The highest BCUT2D eigenvalue weighted by Crippen LogP contribution is 1.97. The Labute approximate surface area is 82.8 Å². The summed E-state index contributed by atoms with van der Waals surface area (Å²) in [5.74, 6) is 0. The van der Waals surface area contributed by atoms with Crippen LogP contribution in [0.2, 0.25) is 0 Å². The molecule has 1 heterocycles. The number of nitrogens with zero attached hydrogens (tertiary/aromatic N) is 3. The van der Waals surface area contributed by atoms with Crippen molar-refractivity contribution in [3.05, 3.63) is 18.2 Å². The molecule has 0 atom stereocenters. The number of halogens is 1. The zero-order chi connectivity index (χ0) is 8.10. The quantitative estimate of drug-likeness (QED) is 0.798. The van der Waals surface area contributed by atoms with E-state index < -0.39 is 0 Å². The van der Waals surface area contributed by atoms with Gasteiger partial charge in [-0.25, -0.2) is 4.98 Å². The van der Waals surface area contributed by atoms with Gasteiger partial charge < -0.3 is 4.57 Å². The van der Waals surface area contributed by atoms with Crippen molar-refractivity contribution >= 4 is 17.0 Å². The third-order valence-electron chi connectivity index (χ3n) is 1.52. The van der Waals surface area contributed by atoms with Crippen LogP contribution in [0.4, 0.5) is 0 Å². The number of rotatable bonds is 3. The lowest BCUT2D eigenvalue weighted by Gasteiger charge is -1.96. The first-order chi connectivity index (χ1) is 5.36. The lowest BCUT2D eigenvalue weighted by Crippen LogP contribution is -1.92. The van der Waals surface area contributed by atoms with E-state index in [4.69, 9.17) is 5.26 Å². The molecule has 0 radical (unpaired) electrons. The van der Waals surface area contributed by atoms with Crippen molar-refractivity contribution in [1.29, 1.82) is 5.26 Å². The largest absolute Gasteiger partial charge is 0.336 e. The molecular weight excluding hydrogens is 218 g/mol. The molecule has 1 rings (SSSR count). The predicted octanol–water partition coefficient (Wildman–Crippen LogP) is 2.13. The van der Waals surface area contributed by atoms with E-state index in [0.29, 0.717) is 5.69 Å². The van der Waals surface area contributed by atoms with Gasteiger partial charge in [-0.3, -0.25) is 0 Å². The average molecular weight is 230 g/mol. The zero-order valence-corrected chi connectivity index (χ0v) is 8.74. The standard InChI is InChI=1S/C8H11N3.BrH/c1-2-3-4-11-6-8(5-9)10-7-11;/h6-7H,2-4H2,1H3;1H. The molecule has 0 bridgehead atoms. The van der Waals surface area contributed by atoms with Crippen LogP contribution in [-0.4, -0.2) is 9.55 Å². The fourth-order valence-corrected chi connectivity index (χ4v) is 0.881. The minimum absolute atomic E-state index is 0. The molecule has 66 valence electrons. The first-order valence-corrected chi connectivity index (χ1v) is 3.78. The Bertz CT molecular complexity index is 262. The number of aryl methyl sites for hydroxylation is 1. The summed E-state index contributed by atoms with van der Waals surface area (Å²) < 4.78 is 1.95. The molecule has 1 aromatic heterocycles. The van der Waals surface area contributed by atoms with Crippen molar-refractivity contribution < 1.29 is 0 Å². The Morgan fingerprint density at radius 3 is 2.92 bits per heavy atom. The van der Waals surface area contributed by atoms with Crippen molar-refractivity contribution in [2.45, 2.75) is 26.3 Å². The third-order valence-corrected chi connectivity index (χ3v) is 1.52. The van der Waals surface area contributed by atoms with Crippen LogP contribution in [-0.2, 0) is 6.54 Å². The molecule has 0 N–H and O–H groups in total. The maximum Gasteiger partial charge on any atom is 0.158 e. The van der Waals surface area contributed by atoms with E-state index in [0.717, 1.165) is 13.0 Å². The SMILES string of the molecule is Br.CCCCn1cnc(C#N)c1. The predicted molar refractivity (Wildman–Crippen MR) is 52.2 cm³/mol. The summed E-state index contributed by atoms with van der Waals surface area (Å²) >= 11 is 0. The van der Waals surface area contributed by atoms with Crippen LogP contribution in [0.3, 0.4) is 0 Å². The van der Waals surface area contributed by atoms with Crippen molar-refractivity contribution in [1.82, 2.24) is 9.55 Å². The smallest absolute Gasteiger partial charge is 0.158 e. The van der Waals surface area contributed by atoms with E-state index in [9.17, 15) is 0 Å². The minimum Gasteiger partial charge on any atom is -0.336 e. The molecule has 1 aromatic rings. The second kappa shape index (κ2) is 5.78. The summed E-state index contributed by atoms with van der Waals surface area (Å²) in [5, 5.41) is 8.45. The van der Waals surface area contributed by atoms with Gasteiger partial charge in [0, 0.05) is 12.7 Å². The van der Waals surface area contributed by atoms with Gasteiger partial charge in [0.25, 0.3) is 0 Å². The van der Waals surface area contributed by atoms with Gasteiger partial charge in [-0.1, -0.05) is 13.3 Å². The molecule has 12 heavy (non-hydrogen) atoms. The average Bonchev–Trinajstić information content (AvgIpc) is 2.48. The normalized spacial score (nSPS) is 8.67. The number of imidazole rings is 1. The van der Waals surface area contributed by atoms with Gasteiger partial charge in [-0.2, -0.15) is 5.26 Å². The highest BCUT2D eigenvalue weighted by molar-refractivity contribution is 8.93. The highest BCUT2D eigenvalue weighted by Gasteiger charge is 1.94. The molecule has 0 aliphatic heterocycles. The van der Waals surface area contributed by atoms with Gasteiger partial charge in [-0.15, -0.1) is 17.0 Å². The summed E-state index contributed by atoms with van der Waals surface area (Å²) in [7, 11) is 0. The van der Waals surface area contributed by atoms with E-state index in [1.807, 2.05) is 10.6 Å². The van der Waals surface area contributed by atoms with Gasteiger partial charge in [0.15, 0.2) is 5.69 Å². The molecule has 0 amide bonds. The Kier molecular flexibility index (Phi) is 5.39. The molecule has 3 nitrogen and oxygen atoms in total. The molecule has 0 saturated heterocycles. The summed E-state index contributed by atoms with van der Waals surface area (Å²) in [6.45, 7) is 3.10. The Balaban J connectivity index is 0.00000121. The van der Waals surface area contributed by atoms with Gasteiger partial charge >= 0.3 is 0 Å². The second-order valence-electron chi connectivity index (χ2n) is 2.46. The van der Waals surface area contributed by atoms with Crippen LogP contribution in [0.25, 0.3) is 0 Å². The van der Waals surface area contributed by atoms with Crippen molar-refractivity contribution in [2.24, 2.45) is 0 Å². The van der Waals surface area contributed by atoms with Crippen LogP contribution in [0.1, 0.15) is 25.5 Å². The Morgan fingerprint density at radius 1 is 1.67 bits per heavy atom. The molecule has 0 aliphatic carbocycles. The summed E-state index contributed by atoms with van der Waals surface area (Å²) in [6.07, 6.45) is 5.78. The van der Waals surface area contributed by atoms with Crippen molar-refractivity contribution in [3.63, 3.8) is 0 Å². The second-order valence-corrected chi connectivity index (χ2v) is 2.46. The number of nitriles is 1. The molecule has 0 aromatic carbocycles. The molecule has 0 unspecified atom stereocenters. The zero-order valence-electron chi connectivity index (χ0n) is 7.03. The third kappa shape index (κ3) is 3.05. The molecule has 0 spiro atoms. The Hall–Kier alpha value is -0.820. The van der Waals surface area contributed by atoms with Crippen LogP contribution in [0.15, 0.2) is 12.5 Å². The Morgan fingerprint density at radius 2 is 2.42 bits per heavy atom. The first kappa shape index (κ1) is 11.2. The highest BCUT2D eigenvalue weighted by atomic mass is 79.9. The number of hydrogen-bond donors (Lipinski definition) is 0. The van der Waals surface area contributed by atoms with E-state index >= 15 is 0 Å². The number of aromatic nitrogens is 2. The number of hydrogen-bond acceptors (Lipinski definition) is 2. The summed E-state index contributed by atoms with van der Waals surface area (Å²) in [6, 6.07) is 1.99. The lowest BCUT2D eigenvalue weighted by molar-refractivity contribution is 0.631. The van der Waals surface area contributed by atoms with E-state index in [-0.39, 0.29) is 17.0 Å². The van der Waals surface area contributed by atoms with E-state index in [1.54, 1.807) is 12.5 Å². The fourth-order valence-electron chi connectivity index (χ4n) is 0.881. The van der Waals surface area contributed by atoms with E-state index in [2.05, 4.69) is 11.9 Å². The van der Waals surface area contributed by atoms with Crippen LogP contribution in [0, 0.1) is 11.3 Å². The molecule has 0 fully saturated rings. The first-order valence-electron chi connectivity index (χ1n) is 3.78. The minimum atomic E-state index is 0. The van der Waals surface area contributed by atoms with Crippen LogP contribution in [0.5, 0.6) is 0 Å². The topological polar surface area (TPSA) is 41.6 Å². The van der Waals surface area contributed by atoms with Crippen molar-refractivity contribution in [2.75, 3.05) is 0 Å². The number of unbranched alkanes of at least 4 members (excludes halogenated alkanes) is 1. The maximum absolute atomic E-state index is 8.45. The van der Waals surface area contributed by atoms with Gasteiger partial charge in [-0.05, 0) is 6.42 Å². The molecule has 0 saturated carbocycles. The van der Waals surface area contributed by atoms with E-state index in [1.165, 1.54) is 6.42 Å². The summed E-state index contributed by atoms with van der Waals surface area (Å²) in [5.41, 5.74) is 0.501. The van der Waals surface area contributed by atoms with Crippen molar-refractivity contribution in [3.8, 4) is 6.07 Å². The maximum atomic E-state index is 8.45. The fraction of sp³-hybridized carbons (Fsp3) is 0.500. The van der Waals surface area contributed by atoms with Crippen LogP contribution < -0.4 is 0 Å². The van der Waals surface area contributed by atoms with Gasteiger partial charge in [0.2, 0.25) is 0 Å². The summed E-state index contributed by atoms with van der Waals surface area (Å²) in [4.78, 5) is 3.89. The van der Waals surface area contributed by atoms with Gasteiger partial charge in [0.1, 0.15) is 6.07 Å². The monoisotopic (exact) mass is 229 g/mol. The molecule has 0 aliphatic rings. The molecule has 4 heteroatoms. The van der Waals surface area contributed by atoms with Crippen LogP contribution >= 0.6 is 17.0 Å². The van der Waals surface area contributed by atoms with Gasteiger partial charge in [0.05, 0.1) is 6.33 Å². The molecular formula is C8H12BrN3. The lowest BCUT2D eigenvalue weighted by atomic mass is 10.3.